The summed E-state index contributed by atoms with van der Waals surface area (Å²) >= 11 is 0. The smallest absolute Gasteiger partial charge is 0.272 e. The molecule has 2 N–H and O–H groups in total. The van der Waals surface area contributed by atoms with Crippen LogP contribution in [0, 0.1) is 6.92 Å². The Hall–Kier alpha value is -4.19. The van der Waals surface area contributed by atoms with Crippen LogP contribution in [0.3, 0.4) is 0 Å². The fourth-order valence-electron chi connectivity index (χ4n) is 3.88. The molecule has 3 aromatic carbocycles. The van der Waals surface area contributed by atoms with Crippen molar-refractivity contribution in [3.05, 3.63) is 89.5 Å². The molecule has 172 valence electrons. The van der Waals surface area contributed by atoms with Gasteiger partial charge in [0.25, 0.3) is 5.91 Å². The normalized spacial score (nSPS) is 11.1. The van der Waals surface area contributed by atoms with Crippen LogP contribution < -0.4 is 10.3 Å². The summed E-state index contributed by atoms with van der Waals surface area (Å²) < 4.78 is 0. The van der Waals surface area contributed by atoms with Crippen LogP contribution in [0.2, 0.25) is 0 Å². The van der Waals surface area contributed by atoms with Crippen LogP contribution in [-0.4, -0.2) is 35.3 Å². The van der Waals surface area contributed by atoms with Crippen molar-refractivity contribution in [3.63, 3.8) is 0 Å². The van der Waals surface area contributed by atoms with Gasteiger partial charge in [-0.05, 0) is 45.0 Å². The lowest BCUT2D eigenvalue weighted by molar-refractivity contribution is 0.0956. The molecule has 1 amide bonds. The molecule has 0 aliphatic heterocycles. The van der Waals surface area contributed by atoms with Gasteiger partial charge < -0.3 is 10.0 Å². The van der Waals surface area contributed by atoms with Gasteiger partial charge in [-0.1, -0.05) is 48.0 Å². The van der Waals surface area contributed by atoms with Crippen molar-refractivity contribution in [1.82, 2.24) is 10.4 Å². The fourth-order valence-corrected chi connectivity index (χ4v) is 3.88. The lowest BCUT2D eigenvalue weighted by Crippen LogP contribution is -2.21. The van der Waals surface area contributed by atoms with Gasteiger partial charge in [0, 0.05) is 41.4 Å². The number of amides is 1. The molecule has 1 heterocycles. The lowest BCUT2D eigenvalue weighted by atomic mass is 10.0. The Labute approximate surface area is 199 Å². The van der Waals surface area contributed by atoms with E-state index >= 15 is 0 Å². The summed E-state index contributed by atoms with van der Waals surface area (Å²) in [5, 5.41) is 15.2. The van der Waals surface area contributed by atoms with Gasteiger partial charge in [-0.15, -0.1) is 0 Å². The average Bonchev–Trinajstić information content (AvgIpc) is 2.85. The Morgan fingerprint density at radius 3 is 2.47 bits per heavy atom. The van der Waals surface area contributed by atoms with E-state index in [0.717, 1.165) is 46.5 Å². The van der Waals surface area contributed by atoms with Gasteiger partial charge in [0.2, 0.25) is 0 Å². The summed E-state index contributed by atoms with van der Waals surface area (Å²) in [4.78, 5) is 20.0. The molecule has 0 atom stereocenters. The number of rotatable bonds is 7. The van der Waals surface area contributed by atoms with Gasteiger partial charge in [0.15, 0.2) is 0 Å². The lowest BCUT2D eigenvalue weighted by Gasteiger charge is -2.21. The minimum Gasteiger partial charge on any atom is -0.507 e. The number of phenolic OH excluding ortho intramolecular Hbond substituents is 1. The van der Waals surface area contributed by atoms with Crippen LogP contribution in [0.1, 0.15) is 35.3 Å². The quantitative estimate of drug-likeness (QED) is 0.286. The number of fused-ring (bicyclic) bond motifs is 1. The summed E-state index contributed by atoms with van der Waals surface area (Å²) in [6, 6.07) is 22.8. The predicted octanol–water partition coefficient (Wildman–Crippen LogP) is 5.53. The third-order valence-corrected chi connectivity index (χ3v) is 5.82. The van der Waals surface area contributed by atoms with E-state index in [1.165, 1.54) is 6.21 Å². The molecular weight excluding hydrogens is 424 g/mol. The van der Waals surface area contributed by atoms with Crippen LogP contribution in [0.25, 0.3) is 22.2 Å². The van der Waals surface area contributed by atoms with E-state index in [1.807, 2.05) is 61.5 Å². The number of nitrogens with zero attached hydrogens (tertiary/aromatic N) is 3. The Kier molecular flexibility index (Phi) is 6.87. The molecule has 4 aromatic rings. The van der Waals surface area contributed by atoms with Crippen LogP contribution in [-0.2, 0) is 0 Å². The molecule has 0 aliphatic carbocycles. The maximum absolute atomic E-state index is 13.1. The number of nitrogens with one attached hydrogen (secondary N) is 1. The largest absolute Gasteiger partial charge is 0.507 e. The zero-order valence-corrected chi connectivity index (χ0v) is 19.6. The van der Waals surface area contributed by atoms with Crippen LogP contribution in [0.5, 0.6) is 5.75 Å². The van der Waals surface area contributed by atoms with E-state index in [4.69, 9.17) is 4.98 Å². The average molecular weight is 453 g/mol. The monoisotopic (exact) mass is 452 g/mol. The molecule has 1 aromatic heterocycles. The molecule has 0 saturated carbocycles. The molecular formula is C28H28N4O2. The van der Waals surface area contributed by atoms with Gasteiger partial charge in [-0.25, -0.2) is 10.4 Å². The molecule has 0 aliphatic rings. The number of para-hydroxylation sites is 1. The fraction of sp³-hybridized carbons (Fsp3) is 0.179. The number of hydrazone groups is 1. The van der Waals surface area contributed by atoms with E-state index in [-0.39, 0.29) is 11.7 Å². The number of carbonyl (C=O) groups is 1. The zero-order chi connectivity index (χ0) is 24.1. The highest BCUT2D eigenvalue weighted by atomic mass is 16.3. The molecule has 0 unspecified atom stereocenters. The third-order valence-electron chi connectivity index (χ3n) is 5.82. The van der Waals surface area contributed by atoms with Crippen molar-refractivity contribution >= 4 is 28.7 Å². The van der Waals surface area contributed by atoms with E-state index in [1.54, 1.807) is 18.2 Å². The number of anilines is 1. The van der Waals surface area contributed by atoms with Crippen molar-refractivity contribution in [1.29, 1.82) is 0 Å². The number of pyridine rings is 1. The highest BCUT2D eigenvalue weighted by Crippen LogP contribution is 2.26. The second-order valence-corrected chi connectivity index (χ2v) is 8.05. The molecule has 6 nitrogen and oxygen atoms in total. The van der Waals surface area contributed by atoms with Crippen LogP contribution in [0.4, 0.5) is 5.69 Å². The summed E-state index contributed by atoms with van der Waals surface area (Å²) in [5.41, 5.74) is 8.10. The topological polar surface area (TPSA) is 77.8 Å². The Morgan fingerprint density at radius 2 is 1.76 bits per heavy atom. The summed E-state index contributed by atoms with van der Waals surface area (Å²) in [6.45, 7) is 7.87. The zero-order valence-electron chi connectivity index (χ0n) is 19.6. The second kappa shape index (κ2) is 10.2. The van der Waals surface area contributed by atoms with E-state index in [2.05, 4.69) is 29.3 Å². The first-order valence-electron chi connectivity index (χ1n) is 11.4. The predicted molar refractivity (Wildman–Crippen MR) is 139 cm³/mol. The first-order valence-corrected chi connectivity index (χ1v) is 11.4. The highest BCUT2D eigenvalue weighted by molar-refractivity contribution is 6.07. The van der Waals surface area contributed by atoms with Crippen molar-refractivity contribution in [2.75, 3.05) is 18.0 Å². The highest BCUT2D eigenvalue weighted by Gasteiger charge is 2.14. The third kappa shape index (κ3) is 4.91. The van der Waals surface area contributed by atoms with E-state index in [9.17, 15) is 9.90 Å². The molecule has 0 fully saturated rings. The van der Waals surface area contributed by atoms with Crippen molar-refractivity contribution in [2.24, 2.45) is 5.10 Å². The molecule has 4 rings (SSSR count). The first kappa shape index (κ1) is 23.0. The summed E-state index contributed by atoms with van der Waals surface area (Å²) in [7, 11) is 0. The summed E-state index contributed by atoms with van der Waals surface area (Å²) in [5.74, 6) is -0.235. The van der Waals surface area contributed by atoms with Gasteiger partial charge in [0.1, 0.15) is 5.75 Å². The number of hydrogen-bond acceptors (Lipinski definition) is 5. The van der Waals surface area contributed by atoms with Crippen molar-refractivity contribution < 1.29 is 9.90 Å². The number of phenols is 1. The number of aromatic hydroxyl groups is 1. The van der Waals surface area contributed by atoms with Crippen molar-refractivity contribution in [3.8, 4) is 17.0 Å². The Morgan fingerprint density at radius 1 is 1.03 bits per heavy atom. The molecule has 0 radical (unpaired) electrons. The number of aromatic nitrogens is 1. The number of carbonyl (C=O) groups excluding carboxylic acids is 1. The summed E-state index contributed by atoms with van der Waals surface area (Å²) in [6.07, 6.45) is 1.45. The molecule has 0 bridgehead atoms. The van der Waals surface area contributed by atoms with Crippen LogP contribution in [0.15, 0.2) is 77.9 Å². The van der Waals surface area contributed by atoms with E-state index in [0.29, 0.717) is 11.1 Å². The first-order chi connectivity index (χ1) is 16.5. The number of aryl methyl sites for hydroxylation is 1. The minimum absolute atomic E-state index is 0.110. The number of benzene rings is 3. The van der Waals surface area contributed by atoms with Gasteiger partial charge in [0.05, 0.1) is 23.0 Å². The SMILES string of the molecule is CCN(CC)c1ccc(/C=N\NC(=O)c2cc(-c3ccc(C)cc3)nc3ccccc23)c(O)c1. The molecule has 0 spiro atoms. The standard InChI is InChI=1S/C28H28N4O2/c1-4-32(5-2)22-15-14-21(27(33)16-22)18-29-31-28(34)24-17-26(20-12-10-19(3)11-13-20)30-25-9-7-6-8-23(24)25/h6-18,33H,4-5H2,1-3H3,(H,31,34)/b29-18-. The van der Waals surface area contributed by atoms with Gasteiger partial charge in [-0.3, -0.25) is 4.79 Å². The Balaban J connectivity index is 1.59. The minimum atomic E-state index is -0.345. The molecule has 34 heavy (non-hydrogen) atoms. The molecule has 6 heteroatoms. The number of hydrogen-bond donors (Lipinski definition) is 2. The van der Waals surface area contributed by atoms with Crippen molar-refractivity contribution in [2.45, 2.75) is 20.8 Å². The van der Waals surface area contributed by atoms with Gasteiger partial charge in [-0.2, -0.15) is 5.10 Å². The van der Waals surface area contributed by atoms with E-state index < -0.39 is 0 Å². The van der Waals surface area contributed by atoms with Crippen LogP contribution >= 0.6 is 0 Å². The van der Waals surface area contributed by atoms with Gasteiger partial charge >= 0.3 is 0 Å². The second-order valence-electron chi connectivity index (χ2n) is 8.05. The maximum atomic E-state index is 13.1. The Bertz CT molecular complexity index is 1340. The maximum Gasteiger partial charge on any atom is 0.272 e. The molecule has 0 saturated heterocycles.